The van der Waals surface area contributed by atoms with E-state index in [0.717, 1.165) is 25.0 Å². The molecule has 118 valence electrons. The Kier molecular flexibility index (Phi) is 5.42. The van der Waals surface area contributed by atoms with E-state index in [2.05, 4.69) is 17.6 Å². The molecule has 0 radical (unpaired) electrons. The monoisotopic (exact) mass is 294 g/mol. The predicted molar refractivity (Wildman–Crippen MR) is 80.6 cm³/mol. The van der Waals surface area contributed by atoms with Crippen LogP contribution in [0.2, 0.25) is 0 Å². The Balaban J connectivity index is 1.86. The van der Waals surface area contributed by atoms with E-state index < -0.39 is 0 Å². The van der Waals surface area contributed by atoms with Crippen molar-refractivity contribution in [3.63, 3.8) is 0 Å². The molecule has 0 bridgehead atoms. The van der Waals surface area contributed by atoms with Gasteiger partial charge in [0.2, 0.25) is 5.91 Å². The van der Waals surface area contributed by atoms with Crippen LogP contribution in [0.3, 0.4) is 0 Å². The molecule has 3 atom stereocenters. The van der Waals surface area contributed by atoms with Crippen molar-refractivity contribution in [3.8, 4) is 0 Å². The zero-order valence-corrected chi connectivity index (χ0v) is 12.9. The summed E-state index contributed by atoms with van der Waals surface area (Å²) in [6, 6.07) is 3.29. The quantitative estimate of drug-likeness (QED) is 0.748. The highest BCUT2D eigenvalue weighted by Gasteiger charge is 2.36. The summed E-state index contributed by atoms with van der Waals surface area (Å²) in [4.78, 5) is 12.2. The maximum atomic E-state index is 12.2. The first-order valence-corrected chi connectivity index (χ1v) is 7.73. The molecule has 21 heavy (non-hydrogen) atoms. The Morgan fingerprint density at radius 1 is 1.62 bits per heavy atom. The third kappa shape index (κ3) is 4.32. The van der Waals surface area contributed by atoms with Crippen LogP contribution in [-0.4, -0.2) is 29.2 Å². The lowest BCUT2D eigenvalue weighted by Gasteiger charge is -2.41. The zero-order valence-electron chi connectivity index (χ0n) is 12.9. The summed E-state index contributed by atoms with van der Waals surface area (Å²) in [5, 5.41) is 16.0. The van der Waals surface area contributed by atoms with E-state index in [9.17, 15) is 9.90 Å². The fraction of sp³-hybridized carbons (Fsp3) is 0.688. The molecule has 5 nitrogen and oxygen atoms in total. The Morgan fingerprint density at radius 2 is 2.43 bits per heavy atom. The minimum atomic E-state index is -0.336. The molecule has 1 aromatic rings. The van der Waals surface area contributed by atoms with Crippen LogP contribution in [0.15, 0.2) is 22.8 Å². The highest BCUT2D eigenvalue weighted by atomic mass is 16.3. The Morgan fingerprint density at radius 3 is 3.05 bits per heavy atom. The van der Waals surface area contributed by atoms with E-state index in [0.29, 0.717) is 12.5 Å². The van der Waals surface area contributed by atoms with Gasteiger partial charge in [0.15, 0.2) is 0 Å². The number of amides is 1. The van der Waals surface area contributed by atoms with Gasteiger partial charge in [-0.2, -0.15) is 0 Å². The molecular formula is C16H26N2O3. The van der Waals surface area contributed by atoms with Crippen molar-refractivity contribution in [2.45, 2.75) is 57.7 Å². The Hall–Kier alpha value is -1.33. The van der Waals surface area contributed by atoms with Gasteiger partial charge in [0.25, 0.3) is 0 Å². The number of furan rings is 1. The number of carbonyl (C=O) groups excluding carboxylic acids is 1. The van der Waals surface area contributed by atoms with Gasteiger partial charge in [-0.05, 0) is 37.8 Å². The van der Waals surface area contributed by atoms with E-state index in [-0.39, 0.29) is 24.1 Å². The lowest BCUT2D eigenvalue weighted by atomic mass is 9.76. The molecule has 1 aliphatic rings. The minimum absolute atomic E-state index is 0.0718. The summed E-state index contributed by atoms with van der Waals surface area (Å²) >= 11 is 0. The van der Waals surface area contributed by atoms with Crippen LogP contribution in [0, 0.1) is 5.92 Å². The second kappa shape index (κ2) is 7.09. The summed E-state index contributed by atoms with van der Waals surface area (Å²) in [6.45, 7) is 4.51. The third-order valence-electron chi connectivity index (χ3n) is 4.33. The first-order valence-electron chi connectivity index (χ1n) is 7.73. The number of hydrogen-bond donors (Lipinski definition) is 3. The molecule has 5 heteroatoms. The maximum Gasteiger partial charge on any atom is 0.237 e. The average Bonchev–Trinajstić information content (AvgIpc) is 2.98. The van der Waals surface area contributed by atoms with Crippen molar-refractivity contribution in [3.05, 3.63) is 24.2 Å². The second-order valence-electron chi connectivity index (χ2n) is 6.30. The molecule has 1 aliphatic carbocycles. The van der Waals surface area contributed by atoms with Gasteiger partial charge in [0.1, 0.15) is 5.76 Å². The van der Waals surface area contributed by atoms with Crippen molar-refractivity contribution >= 4 is 5.91 Å². The van der Waals surface area contributed by atoms with Gasteiger partial charge in [0.05, 0.1) is 25.5 Å². The van der Waals surface area contributed by atoms with E-state index in [1.807, 2.05) is 13.0 Å². The standard InChI is InChI=1S/C16H26N2O3/c1-12-5-3-7-16(9-12,11-19)18-13(2)15(20)17-10-14-6-4-8-21-14/h4,6,8,12-13,18-19H,3,5,7,9-11H2,1-2H3,(H,17,20). The number of rotatable bonds is 6. The van der Waals surface area contributed by atoms with Crippen molar-refractivity contribution in [2.24, 2.45) is 5.92 Å². The number of nitrogens with one attached hydrogen (secondary N) is 2. The van der Waals surface area contributed by atoms with Gasteiger partial charge in [-0.25, -0.2) is 0 Å². The molecule has 3 N–H and O–H groups in total. The molecule has 1 saturated carbocycles. The minimum Gasteiger partial charge on any atom is -0.467 e. The average molecular weight is 294 g/mol. The summed E-state index contributed by atoms with van der Waals surface area (Å²) in [5.41, 5.74) is -0.320. The largest absolute Gasteiger partial charge is 0.467 e. The molecule has 2 rings (SSSR count). The molecule has 0 aliphatic heterocycles. The maximum absolute atomic E-state index is 12.2. The van der Waals surface area contributed by atoms with Crippen LogP contribution >= 0.6 is 0 Å². The molecule has 1 fully saturated rings. The van der Waals surface area contributed by atoms with Crippen molar-refractivity contribution in [1.82, 2.24) is 10.6 Å². The molecule has 0 spiro atoms. The first-order chi connectivity index (χ1) is 10.0. The summed E-state index contributed by atoms with van der Waals surface area (Å²) in [7, 11) is 0. The van der Waals surface area contributed by atoms with Gasteiger partial charge in [0, 0.05) is 5.54 Å². The molecule has 3 unspecified atom stereocenters. The van der Waals surface area contributed by atoms with E-state index in [4.69, 9.17) is 4.42 Å². The van der Waals surface area contributed by atoms with Crippen LogP contribution in [0.25, 0.3) is 0 Å². The highest BCUT2D eigenvalue weighted by Crippen LogP contribution is 2.32. The molecule has 0 aromatic carbocycles. The fourth-order valence-electron chi connectivity index (χ4n) is 3.25. The lowest BCUT2D eigenvalue weighted by molar-refractivity contribution is -0.124. The van der Waals surface area contributed by atoms with Crippen LogP contribution in [-0.2, 0) is 11.3 Å². The molecule has 0 saturated heterocycles. The summed E-state index contributed by atoms with van der Waals surface area (Å²) in [6.07, 6.45) is 5.72. The third-order valence-corrected chi connectivity index (χ3v) is 4.33. The number of hydrogen-bond acceptors (Lipinski definition) is 4. The van der Waals surface area contributed by atoms with E-state index in [1.165, 1.54) is 6.42 Å². The fourth-order valence-corrected chi connectivity index (χ4v) is 3.25. The molecule has 1 aromatic heterocycles. The van der Waals surface area contributed by atoms with Crippen molar-refractivity contribution in [1.29, 1.82) is 0 Å². The molecule has 1 heterocycles. The number of aliphatic hydroxyl groups is 1. The van der Waals surface area contributed by atoms with Crippen LogP contribution < -0.4 is 10.6 Å². The van der Waals surface area contributed by atoms with Gasteiger partial charge < -0.3 is 14.8 Å². The van der Waals surface area contributed by atoms with Crippen molar-refractivity contribution in [2.75, 3.05) is 6.61 Å². The highest BCUT2D eigenvalue weighted by molar-refractivity contribution is 5.81. The van der Waals surface area contributed by atoms with Crippen LogP contribution in [0.4, 0.5) is 0 Å². The van der Waals surface area contributed by atoms with Crippen molar-refractivity contribution < 1.29 is 14.3 Å². The van der Waals surface area contributed by atoms with Gasteiger partial charge in [-0.3, -0.25) is 10.1 Å². The molecule has 1 amide bonds. The van der Waals surface area contributed by atoms with Gasteiger partial charge in [-0.15, -0.1) is 0 Å². The van der Waals surface area contributed by atoms with E-state index >= 15 is 0 Å². The topological polar surface area (TPSA) is 74.5 Å². The number of carbonyl (C=O) groups is 1. The van der Waals surface area contributed by atoms with E-state index in [1.54, 1.807) is 12.3 Å². The summed E-state index contributed by atoms with van der Waals surface area (Å²) in [5.74, 6) is 1.24. The zero-order chi connectivity index (χ0) is 15.3. The van der Waals surface area contributed by atoms with Crippen LogP contribution in [0.1, 0.15) is 45.3 Å². The lowest BCUT2D eigenvalue weighted by Crippen LogP contribution is -2.58. The predicted octanol–water partition coefficient (Wildman–Crippen LogP) is 1.82. The Labute approximate surface area is 126 Å². The van der Waals surface area contributed by atoms with Crippen LogP contribution in [0.5, 0.6) is 0 Å². The summed E-state index contributed by atoms with van der Waals surface area (Å²) < 4.78 is 5.19. The van der Waals surface area contributed by atoms with Gasteiger partial charge in [-0.1, -0.05) is 19.8 Å². The SMILES string of the molecule is CC1CCCC(CO)(NC(C)C(=O)NCc2ccco2)C1. The number of aliphatic hydroxyl groups excluding tert-OH is 1. The van der Waals surface area contributed by atoms with Gasteiger partial charge >= 0.3 is 0 Å². The normalized spacial score (nSPS) is 27.3. The Bertz CT molecular complexity index is 446. The second-order valence-corrected chi connectivity index (χ2v) is 6.30. The first kappa shape index (κ1) is 16.0. The smallest absolute Gasteiger partial charge is 0.237 e. The molecular weight excluding hydrogens is 268 g/mol.